The van der Waals surface area contributed by atoms with Gasteiger partial charge in [-0.2, -0.15) is 13.2 Å². The Labute approximate surface area is 191 Å². The molecule has 0 unspecified atom stereocenters. The predicted octanol–water partition coefficient (Wildman–Crippen LogP) is 5.01. The van der Waals surface area contributed by atoms with Crippen molar-refractivity contribution in [3.63, 3.8) is 0 Å². The fraction of sp³-hybridized carbons (Fsp3) is 0.292. The summed E-state index contributed by atoms with van der Waals surface area (Å²) in [6, 6.07) is 12.7. The van der Waals surface area contributed by atoms with Crippen LogP contribution in [-0.4, -0.2) is 24.8 Å². The summed E-state index contributed by atoms with van der Waals surface area (Å²) in [5.41, 5.74) is 0.967. The number of benzene rings is 2. The molecule has 1 N–H and O–H groups in total. The molecule has 0 spiro atoms. The van der Waals surface area contributed by atoms with E-state index in [9.17, 15) is 26.4 Å². The van der Waals surface area contributed by atoms with Crippen molar-refractivity contribution in [1.82, 2.24) is 9.29 Å². The van der Waals surface area contributed by atoms with Crippen molar-refractivity contribution >= 4 is 15.9 Å². The molecule has 5 nitrogen and oxygen atoms in total. The highest BCUT2D eigenvalue weighted by Gasteiger charge is 2.29. The molecule has 0 aliphatic carbocycles. The number of nitrogens with zero attached hydrogens (tertiary/aromatic N) is 1. The predicted molar refractivity (Wildman–Crippen MR) is 120 cm³/mol. The van der Waals surface area contributed by atoms with Crippen molar-refractivity contribution in [2.24, 2.45) is 0 Å². The van der Waals surface area contributed by atoms with Crippen LogP contribution in [-0.2, 0) is 28.0 Å². The van der Waals surface area contributed by atoms with Crippen LogP contribution in [0, 0.1) is 0 Å². The Morgan fingerprint density at radius 3 is 2.03 bits per heavy atom. The Kier molecular flexibility index (Phi) is 6.74. The van der Waals surface area contributed by atoms with E-state index in [0.29, 0.717) is 12.0 Å². The average Bonchev–Trinajstić information content (AvgIpc) is 3.24. The minimum absolute atomic E-state index is 0.110. The number of halogens is 3. The maximum atomic E-state index is 12.9. The molecule has 0 radical (unpaired) electrons. The number of alkyl halides is 3. The highest BCUT2D eigenvalue weighted by Crippen LogP contribution is 2.29. The summed E-state index contributed by atoms with van der Waals surface area (Å²) in [5, 5.41) is 2.65. The molecular formula is C24H25F3N2O3S. The van der Waals surface area contributed by atoms with Gasteiger partial charge in [0.15, 0.2) is 0 Å². The quantitative estimate of drug-likeness (QED) is 0.541. The minimum Gasteiger partial charge on any atom is -0.352 e. The smallest absolute Gasteiger partial charge is 0.352 e. The van der Waals surface area contributed by atoms with Crippen molar-refractivity contribution in [2.75, 3.05) is 6.54 Å². The van der Waals surface area contributed by atoms with Crippen LogP contribution in [0.15, 0.2) is 71.9 Å². The third kappa shape index (κ3) is 5.84. The standard InChI is InChI=1S/C24H25F3N2O3S/c1-23(2,3)19-8-10-21(11-9-19)33(31,32)29-15-13-18(16-29)22(30)28-14-12-17-4-6-20(7-5-17)24(25,26)27/h4-11,13,15-16H,12,14H2,1-3H3,(H,28,30). The van der Waals surface area contributed by atoms with E-state index in [4.69, 9.17) is 0 Å². The maximum absolute atomic E-state index is 12.9. The second kappa shape index (κ2) is 9.05. The molecule has 176 valence electrons. The monoisotopic (exact) mass is 478 g/mol. The highest BCUT2D eigenvalue weighted by molar-refractivity contribution is 7.90. The molecule has 0 bridgehead atoms. The summed E-state index contributed by atoms with van der Waals surface area (Å²) in [7, 11) is -3.85. The first-order chi connectivity index (χ1) is 15.3. The Morgan fingerprint density at radius 1 is 0.909 bits per heavy atom. The van der Waals surface area contributed by atoms with Crippen LogP contribution in [0.1, 0.15) is 47.8 Å². The van der Waals surface area contributed by atoms with Gasteiger partial charge in [0.05, 0.1) is 16.0 Å². The molecule has 2 aromatic carbocycles. The maximum Gasteiger partial charge on any atom is 0.416 e. The molecule has 9 heteroatoms. The SMILES string of the molecule is CC(C)(C)c1ccc(S(=O)(=O)n2ccc(C(=O)NCCc3ccc(C(F)(F)F)cc3)c2)cc1. The van der Waals surface area contributed by atoms with Crippen LogP contribution >= 0.6 is 0 Å². The van der Waals surface area contributed by atoms with E-state index in [1.165, 1.54) is 30.6 Å². The second-order valence-electron chi connectivity index (χ2n) is 8.71. The zero-order valence-electron chi connectivity index (χ0n) is 18.5. The lowest BCUT2D eigenvalue weighted by molar-refractivity contribution is -0.137. The van der Waals surface area contributed by atoms with E-state index in [1.54, 1.807) is 24.3 Å². The summed E-state index contributed by atoms with van der Waals surface area (Å²) < 4.78 is 64.6. The Morgan fingerprint density at radius 2 is 1.48 bits per heavy atom. The molecular weight excluding hydrogens is 453 g/mol. The molecule has 0 aliphatic heterocycles. The number of aromatic nitrogens is 1. The van der Waals surface area contributed by atoms with Gasteiger partial charge in [-0.25, -0.2) is 12.4 Å². The molecule has 1 aromatic heterocycles. The third-order valence-corrected chi connectivity index (χ3v) is 6.86. The van der Waals surface area contributed by atoms with Crippen molar-refractivity contribution in [1.29, 1.82) is 0 Å². The van der Waals surface area contributed by atoms with E-state index >= 15 is 0 Å². The first kappa shape index (κ1) is 24.6. The minimum atomic E-state index is -4.39. The fourth-order valence-corrected chi connectivity index (χ4v) is 4.39. The van der Waals surface area contributed by atoms with Gasteiger partial charge in [0.25, 0.3) is 15.9 Å². The first-order valence-electron chi connectivity index (χ1n) is 10.3. The number of hydrogen-bond acceptors (Lipinski definition) is 3. The van der Waals surface area contributed by atoms with E-state index in [1.807, 2.05) is 20.8 Å². The van der Waals surface area contributed by atoms with Gasteiger partial charge in [0, 0.05) is 18.9 Å². The van der Waals surface area contributed by atoms with E-state index in [0.717, 1.165) is 21.7 Å². The zero-order valence-corrected chi connectivity index (χ0v) is 19.3. The summed E-state index contributed by atoms with van der Waals surface area (Å²) >= 11 is 0. The number of amides is 1. The molecule has 3 aromatic rings. The van der Waals surface area contributed by atoms with Gasteiger partial charge in [0.2, 0.25) is 0 Å². The molecule has 0 saturated carbocycles. The number of carbonyl (C=O) groups excluding carboxylic acids is 1. The number of hydrogen-bond donors (Lipinski definition) is 1. The lowest BCUT2D eigenvalue weighted by atomic mass is 9.87. The second-order valence-corrected chi connectivity index (χ2v) is 10.6. The van der Waals surface area contributed by atoms with E-state index in [-0.39, 0.29) is 22.4 Å². The Bertz CT molecular complexity index is 1220. The van der Waals surface area contributed by atoms with E-state index in [2.05, 4.69) is 5.32 Å². The van der Waals surface area contributed by atoms with Gasteiger partial charge in [-0.15, -0.1) is 0 Å². The van der Waals surface area contributed by atoms with Crippen LogP contribution in [0.5, 0.6) is 0 Å². The summed E-state index contributed by atoms with van der Waals surface area (Å²) in [5.74, 6) is -0.473. The van der Waals surface area contributed by atoms with E-state index < -0.39 is 27.7 Å². The molecule has 0 atom stereocenters. The van der Waals surface area contributed by atoms with Crippen LogP contribution in [0.2, 0.25) is 0 Å². The molecule has 1 heterocycles. The molecule has 0 saturated heterocycles. The zero-order chi connectivity index (χ0) is 24.4. The van der Waals surface area contributed by atoms with Crippen LogP contribution in [0.3, 0.4) is 0 Å². The van der Waals surface area contributed by atoms with Gasteiger partial charge in [-0.3, -0.25) is 4.79 Å². The normalized spacial score (nSPS) is 12.5. The number of carbonyl (C=O) groups is 1. The Balaban J connectivity index is 1.62. The van der Waals surface area contributed by atoms with Gasteiger partial charge in [-0.1, -0.05) is 45.0 Å². The van der Waals surface area contributed by atoms with Crippen LogP contribution < -0.4 is 5.32 Å². The van der Waals surface area contributed by atoms with Crippen LogP contribution in [0.25, 0.3) is 0 Å². The fourth-order valence-electron chi connectivity index (χ4n) is 3.19. The Hall–Kier alpha value is -3.07. The largest absolute Gasteiger partial charge is 0.416 e. The van der Waals surface area contributed by atoms with Gasteiger partial charge >= 0.3 is 6.18 Å². The average molecular weight is 479 g/mol. The van der Waals surface area contributed by atoms with Gasteiger partial charge < -0.3 is 5.32 Å². The van der Waals surface area contributed by atoms with Crippen molar-refractivity contribution in [3.05, 3.63) is 89.2 Å². The molecule has 0 aliphatic rings. The lowest BCUT2D eigenvalue weighted by Gasteiger charge is -2.19. The lowest BCUT2D eigenvalue weighted by Crippen LogP contribution is -2.25. The summed E-state index contributed by atoms with van der Waals surface area (Å²) in [4.78, 5) is 12.5. The highest BCUT2D eigenvalue weighted by atomic mass is 32.2. The molecule has 0 fully saturated rings. The van der Waals surface area contributed by atoms with Crippen LogP contribution in [0.4, 0.5) is 13.2 Å². The molecule has 1 amide bonds. The molecule has 3 rings (SSSR count). The summed E-state index contributed by atoms with van der Waals surface area (Å²) in [6.07, 6.45) is -1.52. The van der Waals surface area contributed by atoms with Crippen molar-refractivity contribution in [2.45, 2.75) is 43.7 Å². The van der Waals surface area contributed by atoms with Crippen molar-refractivity contribution in [3.8, 4) is 0 Å². The number of rotatable bonds is 6. The first-order valence-corrected chi connectivity index (χ1v) is 11.7. The van der Waals surface area contributed by atoms with Gasteiger partial charge in [0.1, 0.15) is 0 Å². The van der Waals surface area contributed by atoms with Crippen molar-refractivity contribution < 1.29 is 26.4 Å². The topological polar surface area (TPSA) is 68.2 Å². The molecule has 33 heavy (non-hydrogen) atoms. The summed E-state index contributed by atoms with van der Waals surface area (Å²) in [6.45, 7) is 6.29. The van der Waals surface area contributed by atoms with Gasteiger partial charge in [-0.05, 0) is 53.3 Å². The third-order valence-electron chi connectivity index (χ3n) is 5.21. The number of nitrogens with one attached hydrogen (secondary N) is 1.